The predicted octanol–water partition coefficient (Wildman–Crippen LogP) is 1.85. The van der Waals surface area contributed by atoms with Crippen molar-refractivity contribution in [1.82, 2.24) is 20.3 Å². The molecule has 1 saturated heterocycles. The zero-order valence-electron chi connectivity index (χ0n) is 15.6. The van der Waals surface area contributed by atoms with Crippen LogP contribution in [0.15, 0.2) is 40.9 Å². The van der Waals surface area contributed by atoms with Crippen molar-refractivity contribution in [3.63, 3.8) is 0 Å². The van der Waals surface area contributed by atoms with Gasteiger partial charge in [0, 0.05) is 51.4 Å². The molecule has 2 aromatic rings. The van der Waals surface area contributed by atoms with Crippen molar-refractivity contribution in [3.8, 4) is 0 Å². The number of piperazine rings is 1. The molecular formula is C20H28N4O2. The number of rotatable bonds is 7. The van der Waals surface area contributed by atoms with Crippen molar-refractivity contribution in [2.75, 3.05) is 32.7 Å². The summed E-state index contributed by atoms with van der Waals surface area (Å²) in [6, 6.07) is 12.5. The molecule has 140 valence electrons. The maximum Gasteiger partial charge on any atom is 0.226 e. The first-order valence-corrected chi connectivity index (χ1v) is 9.28. The van der Waals surface area contributed by atoms with E-state index in [1.54, 1.807) is 6.07 Å². The standard InChI is InChI=1S/C20H28N4O2/c1-16(21-20(25)13-19-12-17(2)26-22-19)14-23-8-10-24(11-9-23)15-18-6-4-3-5-7-18/h3-7,12,16H,8-11,13-15H2,1-2H3,(H,21,25). The molecule has 26 heavy (non-hydrogen) atoms. The zero-order valence-corrected chi connectivity index (χ0v) is 15.6. The summed E-state index contributed by atoms with van der Waals surface area (Å²) in [5.74, 6) is 0.725. The molecule has 0 bridgehead atoms. The minimum Gasteiger partial charge on any atom is -0.361 e. The van der Waals surface area contributed by atoms with E-state index in [2.05, 4.69) is 57.5 Å². The van der Waals surface area contributed by atoms with Crippen LogP contribution in [0.3, 0.4) is 0 Å². The largest absolute Gasteiger partial charge is 0.361 e. The third-order valence-electron chi connectivity index (χ3n) is 4.67. The van der Waals surface area contributed by atoms with E-state index in [0.29, 0.717) is 5.69 Å². The average molecular weight is 356 g/mol. The van der Waals surface area contributed by atoms with E-state index < -0.39 is 0 Å². The highest BCUT2D eigenvalue weighted by atomic mass is 16.5. The molecule has 1 aromatic heterocycles. The second-order valence-corrected chi connectivity index (χ2v) is 7.14. The van der Waals surface area contributed by atoms with E-state index in [1.807, 2.05) is 6.92 Å². The first-order valence-electron chi connectivity index (χ1n) is 9.28. The summed E-state index contributed by atoms with van der Waals surface area (Å²) in [5.41, 5.74) is 2.05. The van der Waals surface area contributed by atoms with Crippen molar-refractivity contribution >= 4 is 5.91 Å². The molecule has 6 heteroatoms. The summed E-state index contributed by atoms with van der Waals surface area (Å²) in [7, 11) is 0. The van der Waals surface area contributed by atoms with Crippen LogP contribution < -0.4 is 5.32 Å². The van der Waals surface area contributed by atoms with Crippen molar-refractivity contribution < 1.29 is 9.32 Å². The Balaban J connectivity index is 1.36. The lowest BCUT2D eigenvalue weighted by Crippen LogP contribution is -2.50. The highest BCUT2D eigenvalue weighted by Gasteiger charge is 2.19. The minimum atomic E-state index is -0.00601. The maximum absolute atomic E-state index is 12.1. The molecule has 3 rings (SSSR count). The molecule has 0 radical (unpaired) electrons. The molecule has 1 aliphatic heterocycles. The number of carbonyl (C=O) groups excluding carboxylic acids is 1. The van der Waals surface area contributed by atoms with Crippen LogP contribution in [0.5, 0.6) is 0 Å². The van der Waals surface area contributed by atoms with Gasteiger partial charge in [0.05, 0.1) is 12.1 Å². The van der Waals surface area contributed by atoms with E-state index in [-0.39, 0.29) is 18.4 Å². The van der Waals surface area contributed by atoms with Crippen molar-refractivity contribution in [3.05, 3.63) is 53.4 Å². The first-order chi connectivity index (χ1) is 12.6. The Hall–Kier alpha value is -2.18. The van der Waals surface area contributed by atoms with Gasteiger partial charge in [0.15, 0.2) is 0 Å². The summed E-state index contributed by atoms with van der Waals surface area (Å²) in [6.07, 6.45) is 0.270. The van der Waals surface area contributed by atoms with Crippen molar-refractivity contribution in [2.24, 2.45) is 0 Å². The fourth-order valence-corrected chi connectivity index (χ4v) is 3.40. The Morgan fingerprint density at radius 2 is 1.88 bits per heavy atom. The normalized spacial score (nSPS) is 17.2. The molecule has 6 nitrogen and oxygen atoms in total. The number of nitrogens with zero attached hydrogens (tertiary/aromatic N) is 3. The summed E-state index contributed by atoms with van der Waals surface area (Å²) in [6.45, 7) is 9.98. The fourth-order valence-electron chi connectivity index (χ4n) is 3.40. The number of hydrogen-bond donors (Lipinski definition) is 1. The van der Waals surface area contributed by atoms with Gasteiger partial charge in [0.25, 0.3) is 0 Å². The van der Waals surface area contributed by atoms with Crippen LogP contribution in [0.25, 0.3) is 0 Å². The maximum atomic E-state index is 12.1. The second-order valence-electron chi connectivity index (χ2n) is 7.14. The third-order valence-corrected chi connectivity index (χ3v) is 4.67. The molecule has 1 aliphatic rings. The van der Waals surface area contributed by atoms with Gasteiger partial charge >= 0.3 is 0 Å². The molecule has 0 spiro atoms. The summed E-state index contributed by atoms with van der Waals surface area (Å²) in [5, 5.41) is 6.93. The molecule has 1 N–H and O–H groups in total. The first kappa shape index (κ1) is 18.6. The molecule has 0 aliphatic carbocycles. The molecule has 1 aromatic carbocycles. The summed E-state index contributed by atoms with van der Waals surface area (Å²) >= 11 is 0. The Morgan fingerprint density at radius 3 is 2.54 bits per heavy atom. The lowest BCUT2D eigenvalue weighted by Gasteiger charge is -2.36. The quantitative estimate of drug-likeness (QED) is 0.820. The van der Waals surface area contributed by atoms with Crippen LogP contribution in [0.1, 0.15) is 23.9 Å². The zero-order chi connectivity index (χ0) is 18.4. The van der Waals surface area contributed by atoms with Crippen LogP contribution in [0, 0.1) is 6.92 Å². The number of aromatic nitrogens is 1. The van der Waals surface area contributed by atoms with Crippen LogP contribution in [-0.2, 0) is 17.8 Å². The lowest BCUT2D eigenvalue weighted by molar-refractivity contribution is -0.121. The van der Waals surface area contributed by atoms with Gasteiger partial charge in [-0.1, -0.05) is 35.5 Å². The number of hydrogen-bond acceptors (Lipinski definition) is 5. The van der Waals surface area contributed by atoms with E-state index in [0.717, 1.165) is 45.0 Å². The highest BCUT2D eigenvalue weighted by molar-refractivity contribution is 5.78. The topological polar surface area (TPSA) is 61.6 Å². The number of carbonyl (C=O) groups is 1. The van der Waals surface area contributed by atoms with Gasteiger partial charge in [-0.25, -0.2) is 0 Å². The van der Waals surface area contributed by atoms with Gasteiger partial charge in [-0.05, 0) is 19.4 Å². The van der Waals surface area contributed by atoms with Crippen molar-refractivity contribution in [1.29, 1.82) is 0 Å². The van der Waals surface area contributed by atoms with Crippen LogP contribution in [0.4, 0.5) is 0 Å². The molecule has 1 unspecified atom stereocenters. The lowest BCUT2D eigenvalue weighted by atomic mass is 10.2. The van der Waals surface area contributed by atoms with Gasteiger partial charge in [0.2, 0.25) is 5.91 Å². The van der Waals surface area contributed by atoms with Gasteiger partial charge in [-0.15, -0.1) is 0 Å². The Labute approximate surface area is 155 Å². The SMILES string of the molecule is Cc1cc(CC(=O)NC(C)CN2CCN(Cc3ccccc3)CC2)no1. The van der Waals surface area contributed by atoms with E-state index in [4.69, 9.17) is 4.52 Å². The van der Waals surface area contributed by atoms with E-state index >= 15 is 0 Å². The molecular weight excluding hydrogens is 328 g/mol. The second kappa shape index (κ2) is 8.96. The minimum absolute atomic E-state index is 0.00601. The number of benzene rings is 1. The Kier molecular flexibility index (Phi) is 6.41. The molecule has 0 saturated carbocycles. The van der Waals surface area contributed by atoms with Crippen LogP contribution >= 0.6 is 0 Å². The van der Waals surface area contributed by atoms with Crippen molar-refractivity contribution in [2.45, 2.75) is 32.9 Å². The Bertz CT molecular complexity index is 693. The number of nitrogens with one attached hydrogen (secondary N) is 1. The number of aryl methyl sites for hydroxylation is 1. The summed E-state index contributed by atoms with van der Waals surface area (Å²) < 4.78 is 5.00. The van der Waals surface area contributed by atoms with Gasteiger partial charge in [-0.3, -0.25) is 14.6 Å². The molecule has 1 amide bonds. The van der Waals surface area contributed by atoms with Gasteiger partial charge in [-0.2, -0.15) is 0 Å². The van der Waals surface area contributed by atoms with Gasteiger partial charge < -0.3 is 9.84 Å². The summed E-state index contributed by atoms with van der Waals surface area (Å²) in [4.78, 5) is 17.0. The van der Waals surface area contributed by atoms with Crippen LogP contribution in [0.2, 0.25) is 0 Å². The van der Waals surface area contributed by atoms with E-state index in [1.165, 1.54) is 5.56 Å². The van der Waals surface area contributed by atoms with E-state index in [9.17, 15) is 4.79 Å². The molecule has 2 heterocycles. The smallest absolute Gasteiger partial charge is 0.226 e. The average Bonchev–Trinajstić information content (AvgIpc) is 3.02. The third kappa shape index (κ3) is 5.68. The Morgan fingerprint density at radius 1 is 1.19 bits per heavy atom. The monoisotopic (exact) mass is 356 g/mol. The predicted molar refractivity (Wildman–Crippen MR) is 101 cm³/mol. The van der Waals surface area contributed by atoms with Crippen LogP contribution in [-0.4, -0.2) is 59.6 Å². The number of amides is 1. The molecule has 1 fully saturated rings. The fraction of sp³-hybridized carbons (Fsp3) is 0.500. The molecule has 1 atom stereocenters. The highest BCUT2D eigenvalue weighted by Crippen LogP contribution is 2.09. The van der Waals surface area contributed by atoms with Gasteiger partial charge in [0.1, 0.15) is 5.76 Å².